The molecule has 0 aromatic heterocycles. The number of hydrogen-bond acceptors (Lipinski definition) is 5. The standard InChI is InChI=1S/C22H28N2O5S/c1-17(18-7-4-3-5-8-18)16-23-22(25)9-6-12-24(30(2,26)27)19-10-11-20-21(15-19)29-14-13-28-20/h3-5,7-8,10-11,15,17H,6,9,12-14,16H2,1-2H3,(H,23,25)/t17-/m1/s1. The van der Waals surface area contributed by atoms with Gasteiger partial charge in [0.2, 0.25) is 15.9 Å². The summed E-state index contributed by atoms with van der Waals surface area (Å²) in [4.78, 5) is 12.2. The normalized spacial score (nSPS) is 14.1. The molecule has 2 aromatic rings. The van der Waals surface area contributed by atoms with E-state index in [4.69, 9.17) is 9.47 Å². The smallest absolute Gasteiger partial charge is 0.232 e. The number of anilines is 1. The lowest BCUT2D eigenvalue weighted by Crippen LogP contribution is -2.33. The van der Waals surface area contributed by atoms with Crippen LogP contribution in [0.1, 0.15) is 31.2 Å². The van der Waals surface area contributed by atoms with Crippen molar-refractivity contribution >= 4 is 21.6 Å². The van der Waals surface area contributed by atoms with Gasteiger partial charge in [-0.2, -0.15) is 0 Å². The van der Waals surface area contributed by atoms with Crippen LogP contribution in [-0.4, -0.2) is 46.9 Å². The molecule has 0 fully saturated rings. The molecule has 0 unspecified atom stereocenters. The number of nitrogens with zero attached hydrogens (tertiary/aromatic N) is 1. The molecule has 0 bridgehead atoms. The van der Waals surface area contributed by atoms with Crippen molar-refractivity contribution < 1.29 is 22.7 Å². The molecule has 0 radical (unpaired) electrons. The number of carbonyl (C=O) groups is 1. The van der Waals surface area contributed by atoms with Gasteiger partial charge in [0, 0.05) is 25.6 Å². The molecule has 0 aliphatic carbocycles. The quantitative estimate of drug-likeness (QED) is 0.659. The van der Waals surface area contributed by atoms with Crippen molar-refractivity contribution in [2.24, 2.45) is 0 Å². The summed E-state index contributed by atoms with van der Waals surface area (Å²) < 4.78 is 36.9. The SMILES string of the molecule is C[C@H](CNC(=O)CCCN(c1ccc2c(c1)OCCO2)S(C)(=O)=O)c1ccccc1. The van der Waals surface area contributed by atoms with Crippen LogP contribution in [0.15, 0.2) is 48.5 Å². The van der Waals surface area contributed by atoms with Crippen LogP contribution in [0.25, 0.3) is 0 Å². The third-order valence-corrected chi connectivity index (χ3v) is 6.15. The summed E-state index contributed by atoms with van der Waals surface area (Å²) in [6.45, 7) is 3.71. The van der Waals surface area contributed by atoms with E-state index in [1.807, 2.05) is 30.3 Å². The lowest BCUT2D eigenvalue weighted by atomic mass is 10.0. The Kier molecular flexibility index (Phi) is 7.20. The highest BCUT2D eigenvalue weighted by Gasteiger charge is 2.21. The molecular formula is C22H28N2O5S. The van der Waals surface area contributed by atoms with Gasteiger partial charge in [-0.05, 0) is 30.0 Å². The molecule has 1 N–H and O–H groups in total. The zero-order valence-electron chi connectivity index (χ0n) is 17.3. The molecule has 0 saturated carbocycles. The molecule has 1 aliphatic rings. The molecule has 2 aromatic carbocycles. The summed E-state index contributed by atoms with van der Waals surface area (Å²) in [7, 11) is -3.50. The van der Waals surface area contributed by atoms with Crippen molar-refractivity contribution in [3.8, 4) is 11.5 Å². The van der Waals surface area contributed by atoms with Gasteiger partial charge >= 0.3 is 0 Å². The second-order valence-electron chi connectivity index (χ2n) is 7.38. The minimum absolute atomic E-state index is 0.0894. The lowest BCUT2D eigenvalue weighted by Gasteiger charge is -2.25. The van der Waals surface area contributed by atoms with E-state index in [1.54, 1.807) is 18.2 Å². The first-order chi connectivity index (χ1) is 14.3. The van der Waals surface area contributed by atoms with Crippen LogP contribution < -0.4 is 19.1 Å². The van der Waals surface area contributed by atoms with E-state index in [9.17, 15) is 13.2 Å². The number of hydrogen-bond donors (Lipinski definition) is 1. The zero-order valence-corrected chi connectivity index (χ0v) is 18.2. The van der Waals surface area contributed by atoms with E-state index < -0.39 is 10.0 Å². The van der Waals surface area contributed by atoms with Gasteiger partial charge in [-0.3, -0.25) is 9.10 Å². The summed E-state index contributed by atoms with van der Waals surface area (Å²) in [5.74, 6) is 1.25. The number of sulfonamides is 1. The highest BCUT2D eigenvalue weighted by molar-refractivity contribution is 7.92. The fourth-order valence-electron chi connectivity index (χ4n) is 3.31. The maximum atomic E-state index is 12.3. The van der Waals surface area contributed by atoms with Gasteiger partial charge in [-0.1, -0.05) is 37.3 Å². The number of carbonyl (C=O) groups excluding carboxylic acids is 1. The van der Waals surface area contributed by atoms with E-state index in [0.29, 0.717) is 43.4 Å². The Morgan fingerprint density at radius 3 is 2.50 bits per heavy atom. The Labute approximate surface area is 178 Å². The largest absolute Gasteiger partial charge is 0.486 e. The lowest BCUT2D eigenvalue weighted by molar-refractivity contribution is -0.121. The maximum absolute atomic E-state index is 12.3. The highest BCUT2D eigenvalue weighted by Crippen LogP contribution is 2.34. The van der Waals surface area contributed by atoms with Crippen LogP contribution in [0, 0.1) is 0 Å². The van der Waals surface area contributed by atoms with E-state index >= 15 is 0 Å². The highest BCUT2D eigenvalue weighted by atomic mass is 32.2. The molecule has 1 aliphatic heterocycles. The molecule has 3 rings (SSSR count). The molecule has 7 nitrogen and oxygen atoms in total. The Morgan fingerprint density at radius 2 is 1.80 bits per heavy atom. The van der Waals surface area contributed by atoms with Gasteiger partial charge < -0.3 is 14.8 Å². The first-order valence-electron chi connectivity index (χ1n) is 10.0. The molecule has 30 heavy (non-hydrogen) atoms. The van der Waals surface area contributed by atoms with Crippen LogP contribution in [-0.2, 0) is 14.8 Å². The van der Waals surface area contributed by atoms with Crippen LogP contribution >= 0.6 is 0 Å². The zero-order chi connectivity index (χ0) is 21.6. The van der Waals surface area contributed by atoms with Gasteiger partial charge in [0.05, 0.1) is 11.9 Å². The fraction of sp³-hybridized carbons (Fsp3) is 0.409. The van der Waals surface area contributed by atoms with E-state index in [1.165, 1.54) is 9.87 Å². The van der Waals surface area contributed by atoms with Crippen LogP contribution in [0.3, 0.4) is 0 Å². The van der Waals surface area contributed by atoms with Gasteiger partial charge in [0.1, 0.15) is 13.2 Å². The molecule has 0 spiro atoms. The van der Waals surface area contributed by atoms with Crippen molar-refractivity contribution in [1.82, 2.24) is 5.32 Å². The van der Waals surface area contributed by atoms with Gasteiger partial charge in [0.15, 0.2) is 11.5 Å². The second kappa shape index (κ2) is 9.84. The average Bonchev–Trinajstić information content (AvgIpc) is 2.74. The van der Waals surface area contributed by atoms with Gasteiger partial charge in [-0.15, -0.1) is 0 Å². The maximum Gasteiger partial charge on any atom is 0.232 e. The van der Waals surface area contributed by atoms with E-state index in [-0.39, 0.29) is 24.8 Å². The number of amides is 1. The number of benzene rings is 2. The molecule has 1 heterocycles. The summed E-state index contributed by atoms with van der Waals surface area (Å²) in [5, 5.41) is 2.93. The Bertz CT molecular complexity index is 963. The van der Waals surface area contributed by atoms with Crippen molar-refractivity contribution in [2.45, 2.75) is 25.7 Å². The molecule has 0 saturated heterocycles. The summed E-state index contributed by atoms with van der Waals surface area (Å²) in [6, 6.07) is 15.1. The van der Waals surface area contributed by atoms with E-state index in [2.05, 4.69) is 12.2 Å². The minimum Gasteiger partial charge on any atom is -0.486 e. The summed E-state index contributed by atoms with van der Waals surface area (Å²) in [6.07, 6.45) is 1.82. The van der Waals surface area contributed by atoms with Crippen molar-refractivity contribution in [1.29, 1.82) is 0 Å². The Balaban J connectivity index is 1.53. The summed E-state index contributed by atoms with van der Waals surface area (Å²) in [5.41, 5.74) is 1.67. The number of nitrogens with one attached hydrogen (secondary N) is 1. The number of rotatable bonds is 9. The van der Waals surface area contributed by atoms with Crippen molar-refractivity contribution in [3.05, 3.63) is 54.1 Å². The average molecular weight is 433 g/mol. The second-order valence-corrected chi connectivity index (χ2v) is 9.29. The third kappa shape index (κ3) is 5.89. The topological polar surface area (TPSA) is 84.9 Å². The molecule has 1 atom stereocenters. The van der Waals surface area contributed by atoms with Gasteiger partial charge in [-0.25, -0.2) is 8.42 Å². The molecule has 162 valence electrons. The first-order valence-corrected chi connectivity index (χ1v) is 11.9. The van der Waals surface area contributed by atoms with E-state index in [0.717, 1.165) is 6.26 Å². The fourth-order valence-corrected chi connectivity index (χ4v) is 4.27. The van der Waals surface area contributed by atoms with Crippen molar-refractivity contribution in [3.63, 3.8) is 0 Å². The summed E-state index contributed by atoms with van der Waals surface area (Å²) >= 11 is 0. The monoisotopic (exact) mass is 432 g/mol. The third-order valence-electron chi connectivity index (χ3n) is 4.95. The minimum atomic E-state index is -3.50. The predicted molar refractivity (Wildman–Crippen MR) is 117 cm³/mol. The number of ether oxygens (including phenoxy) is 2. The van der Waals surface area contributed by atoms with Crippen LogP contribution in [0.5, 0.6) is 11.5 Å². The van der Waals surface area contributed by atoms with Gasteiger partial charge in [0.25, 0.3) is 0 Å². The Morgan fingerprint density at radius 1 is 1.10 bits per heavy atom. The van der Waals surface area contributed by atoms with Crippen LogP contribution in [0.4, 0.5) is 5.69 Å². The van der Waals surface area contributed by atoms with Crippen molar-refractivity contribution in [2.75, 3.05) is 36.9 Å². The number of fused-ring (bicyclic) bond motifs is 1. The molecule has 8 heteroatoms. The first kappa shape index (κ1) is 22.0. The van der Waals surface area contributed by atoms with Crippen LogP contribution in [0.2, 0.25) is 0 Å². The molecular weight excluding hydrogens is 404 g/mol. The Hall–Kier alpha value is -2.74. The molecule has 1 amide bonds. The predicted octanol–water partition coefficient (Wildman–Crippen LogP) is 2.92.